The number of nitriles is 1. The molecule has 0 aliphatic carbocycles. The Bertz CT molecular complexity index is 2330. The van der Waals surface area contributed by atoms with Gasteiger partial charge in [0.1, 0.15) is 11.5 Å². The molecule has 218 valence electrons. The van der Waals surface area contributed by atoms with Gasteiger partial charge in [-0.25, -0.2) is 9.97 Å². The van der Waals surface area contributed by atoms with Crippen molar-refractivity contribution in [2.75, 3.05) is 0 Å². The fourth-order valence-corrected chi connectivity index (χ4v) is 6.58. The zero-order valence-electron chi connectivity index (χ0n) is 25.5. The lowest BCUT2D eigenvalue weighted by molar-refractivity contribution is 0.418. The summed E-state index contributed by atoms with van der Waals surface area (Å²) in [6.45, 7) is 4.37. The molecule has 1 aliphatic heterocycles. The van der Waals surface area contributed by atoms with Gasteiger partial charge in [0.15, 0.2) is 5.82 Å². The maximum atomic E-state index is 9.50. The molecule has 0 saturated carbocycles. The summed E-state index contributed by atoms with van der Waals surface area (Å²) < 4.78 is 6.48. The fourth-order valence-electron chi connectivity index (χ4n) is 6.58. The predicted octanol–water partition coefficient (Wildman–Crippen LogP) is 10.6. The summed E-state index contributed by atoms with van der Waals surface area (Å²) in [6.07, 6.45) is 0. The molecule has 0 saturated heterocycles. The van der Waals surface area contributed by atoms with Gasteiger partial charge in [-0.3, -0.25) is 0 Å². The van der Waals surface area contributed by atoms with Crippen LogP contribution >= 0.6 is 0 Å². The molecule has 46 heavy (non-hydrogen) atoms. The van der Waals surface area contributed by atoms with Crippen LogP contribution in [0.25, 0.3) is 55.8 Å². The van der Waals surface area contributed by atoms with Crippen molar-refractivity contribution in [1.29, 1.82) is 5.26 Å². The molecule has 4 nitrogen and oxygen atoms in total. The van der Waals surface area contributed by atoms with E-state index in [-0.39, 0.29) is 5.41 Å². The van der Waals surface area contributed by atoms with E-state index in [1.165, 1.54) is 5.39 Å². The molecule has 2 heterocycles. The largest absolute Gasteiger partial charge is 0.457 e. The second-order valence-electron chi connectivity index (χ2n) is 12.2. The first-order valence-electron chi connectivity index (χ1n) is 15.4. The molecule has 0 spiro atoms. The second-order valence-corrected chi connectivity index (χ2v) is 12.2. The predicted molar refractivity (Wildman–Crippen MR) is 185 cm³/mol. The number of nitrogens with zero attached hydrogens (tertiary/aromatic N) is 3. The van der Waals surface area contributed by atoms with Crippen LogP contribution in [0, 0.1) is 11.3 Å². The van der Waals surface area contributed by atoms with Gasteiger partial charge < -0.3 is 4.74 Å². The molecule has 8 rings (SSSR count). The van der Waals surface area contributed by atoms with E-state index in [4.69, 9.17) is 14.7 Å². The van der Waals surface area contributed by atoms with E-state index >= 15 is 0 Å². The van der Waals surface area contributed by atoms with Gasteiger partial charge in [-0.05, 0) is 52.2 Å². The van der Waals surface area contributed by atoms with Gasteiger partial charge in [-0.2, -0.15) is 5.26 Å². The summed E-state index contributed by atoms with van der Waals surface area (Å²) in [7, 11) is 0. The van der Waals surface area contributed by atoms with Crippen LogP contribution in [-0.4, -0.2) is 9.97 Å². The molecule has 1 aromatic heterocycles. The van der Waals surface area contributed by atoms with Gasteiger partial charge in [-0.15, -0.1) is 0 Å². The maximum Gasteiger partial charge on any atom is 0.160 e. The van der Waals surface area contributed by atoms with E-state index < -0.39 is 0 Å². The number of hydrogen-bond acceptors (Lipinski definition) is 4. The Morgan fingerprint density at radius 1 is 0.565 bits per heavy atom. The van der Waals surface area contributed by atoms with Crippen molar-refractivity contribution < 1.29 is 4.74 Å². The standard InChI is InChI=1S/C42H29N3O/c1-42(2)35-21-20-30(24-40(35)46-39-22-19-27(26-43)23-36(39)42)32-16-8-9-17-33(32)37-25-38(45-41(44-37)29-12-4-3-5-13-29)34-18-10-14-28-11-6-7-15-31(28)34/h3-25H,1-2H3. The molecule has 0 N–H and O–H groups in total. The average molecular weight is 592 g/mol. The molecule has 0 radical (unpaired) electrons. The van der Waals surface area contributed by atoms with Crippen molar-refractivity contribution in [3.8, 4) is 62.6 Å². The van der Waals surface area contributed by atoms with E-state index in [2.05, 4.69) is 123 Å². The Hall–Kier alpha value is -6.05. The zero-order valence-corrected chi connectivity index (χ0v) is 25.5. The number of fused-ring (bicyclic) bond motifs is 3. The lowest BCUT2D eigenvalue weighted by atomic mass is 9.75. The highest BCUT2D eigenvalue weighted by Crippen LogP contribution is 2.49. The number of rotatable bonds is 4. The molecule has 6 aromatic carbocycles. The molecule has 0 bridgehead atoms. The third-order valence-electron chi connectivity index (χ3n) is 8.99. The van der Waals surface area contributed by atoms with Crippen LogP contribution in [0.1, 0.15) is 30.5 Å². The van der Waals surface area contributed by atoms with Crippen LogP contribution < -0.4 is 4.74 Å². The molecule has 7 aromatic rings. The minimum absolute atomic E-state index is 0.321. The first-order chi connectivity index (χ1) is 22.5. The van der Waals surface area contributed by atoms with Crippen molar-refractivity contribution in [2.45, 2.75) is 19.3 Å². The number of hydrogen-bond donors (Lipinski definition) is 0. The molecule has 1 aliphatic rings. The molecule has 0 unspecified atom stereocenters. The molecule has 0 atom stereocenters. The van der Waals surface area contributed by atoms with E-state index in [0.717, 1.165) is 67.2 Å². The van der Waals surface area contributed by atoms with Crippen LogP contribution in [0.15, 0.2) is 140 Å². The van der Waals surface area contributed by atoms with Crippen LogP contribution in [0.5, 0.6) is 11.5 Å². The SMILES string of the molecule is CC1(C)c2ccc(-c3ccccc3-c3cc(-c4cccc5ccccc45)nc(-c4ccccc4)n3)cc2Oc2ccc(C#N)cc21. The molecule has 4 heteroatoms. The Balaban J connectivity index is 1.29. The van der Waals surface area contributed by atoms with E-state index in [1.54, 1.807) is 0 Å². The first-order valence-corrected chi connectivity index (χ1v) is 15.4. The number of ether oxygens (including phenoxy) is 1. The van der Waals surface area contributed by atoms with Gasteiger partial charge in [0.05, 0.1) is 23.0 Å². The van der Waals surface area contributed by atoms with Crippen LogP contribution in [0.3, 0.4) is 0 Å². The van der Waals surface area contributed by atoms with Gasteiger partial charge in [0, 0.05) is 33.2 Å². The Morgan fingerprint density at radius 3 is 2.09 bits per heavy atom. The first kappa shape index (κ1) is 27.5. The van der Waals surface area contributed by atoms with E-state index in [0.29, 0.717) is 11.4 Å². The van der Waals surface area contributed by atoms with E-state index in [9.17, 15) is 5.26 Å². The summed E-state index contributed by atoms with van der Waals surface area (Å²) in [4.78, 5) is 10.3. The molecular formula is C42H29N3O. The second kappa shape index (κ2) is 10.8. The molecule has 0 amide bonds. The maximum absolute atomic E-state index is 9.50. The van der Waals surface area contributed by atoms with Crippen molar-refractivity contribution in [2.24, 2.45) is 0 Å². The minimum atomic E-state index is -0.321. The molecule has 0 fully saturated rings. The third kappa shape index (κ3) is 4.62. The summed E-state index contributed by atoms with van der Waals surface area (Å²) in [6, 6.07) is 49.8. The highest BCUT2D eigenvalue weighted by molar-refractivity contribution is 5.97. The van der Waals surface area contributed by atoms with Gasteiger partial charge in [0.2, 0.25) is 0 Å². The summed E-state index contributed by atoms with van der Waals surface area (Å²) in [5.74, 6) is 2.28. The Labute approximate surface area is 268 Å². The van der Waals surface area contributed by atoms with Crippen LogP contribution in [-0.2, 0) is 5.41 Å². The Morgan fingerprint density at radius 2 is 1.26 bits per heavy atom. The lowest BCUT2D eigenvalue weighted by Crippen LogP contribution is -2.24. The van der Waals surface area contributed by atoms with Crippen molar-refractivity contribution in [1.82, 2.24) is 9.97 Å². The topological polar surface area (TPSA) is 58.8 Å². The highest BCUT2D eigenvalue weighted by atomic mass is 16.5. The van der Waals surface area contributed by atoms with Crippen molar-refractivity contribution in [3.63, 3.8) is 0 Å². The van der Waals surface area contributed by atoms with Crippen LogP contribution in [0.4, 0.5) is 0 Å². The average Bonchev–Trinajstić information content (AvgIpc) is 3.11. The third-order valence-corrected chi connectivity index (χ3v) is 8.99. The highest BCUT2D eigenvalue weighted by Gasteiger charge is 2.34. The quantitative estimate of drug-likeness (QED) is 0.204. The van der Waals surface area contributed by atoms with Gasteiger partial charge >= 0.3 is 0 Å². The smallest absolute Gasteiger partial charge is 0.160 e. The van der Waals surface area contributed by atoms with E-state index in [1.807, 2.05) is 36.4 Å². The normalized spacial score (nSPS) is 12.9. The lowest BCUT2D eigenvalue weighted by Gasteiger charge is -2.34. The molecular weight excluding hydrogens is 562 g/mol. The van der Waals surface area contributed by atoms with Crippen LogP contribution in [0.2, 0.25) is 0 Å². The van der Waals surface area contributed by atoms with Crippen molar-refractivity contribution >= 4 is 10.8 Å². The number of aromatic nitrogens is 2. The van der Waals surface area contributed by atoms with Crippen molar-refractivity contribution in [3.05, 3.63) is 156 Å². The summed E-state index contributed by atoms with van der Waals surface area (Å²) >= 11 is 0. The number of benzene rings is 6. The van der Waals surface area contributed by atoms with Gasteiger partial charge in [0.25, 0.3) is 0 Å². The fraction of sp³-hybridized carbons (Fsp3) is 0.0714. The zero-order chi connectivity index (χ0) is 31.3. The summed E-state index contributed by atoms with van der Waals surface area (Å²) in [5, 5.41) is 11.8. The Kier molecular flexibility index (Phi) is 6.48. The van der Waals surface area contributed by atoms with Gasteiger partial charge in [-0.1, -0.05) is 123 Å². The minimum Gasteiger partial charge on any atom is -0.457 e. The summed E-state index contributed by atoms with van der Waals surface area (Å²) in [5.41, 5.74) is 9.27. The monoisotopic (exact) mass is 591 g/mol.